The molecule has 1 aromatic carbocycles. The van der Waals surface area contributed by atoms with Crippen LogP contribution in [0.1, 0.15) is 0 Å². The Labute approximate surface area is 134 Å². The summed E-state index contributed by atoms with van der Waals surface area (Å²) in [7, 11) is 1.34. The Kier molecular flexibility index (Phi) is 4.21. The van der Waals surface area contributed by atoms with Crippen LogP contribution in [0.5, 0.6) is 0 Å². The number of aromatic nitrogens is 5. The number of benzene rings is 1. The highest BCUT2D eigenvalue weighted by Gasteiger charge is 2.14. The first-order chi connectivity index (χ1) is 10.7. The van der Waals surface area contributed by atoms with Gasteiger partial charge in [0, 0.05) is 5.02 Å². The smallest absolute Gasteiger partial charge is 0.316 e. The normalized spacial score (nSPS) is 10.8. The van der Waals surface area contributed by atoms with E-state index in [2.05, 4.69) is 25.0 Å². The summed E-state index contributed by atoms with van der Waals surface area (Å²) in [5.41, 5.74) is 1.82. The second-order valence-electron chi connectivity index (χ2n) is 4.20. The zero-order valence-electron chi connectivity index (χ0n) is 11.4. The number of rotatable bonds is 4. The van der Waals surface area contributed by atoms with E-state index in [0.717, 1.165) is 5.69 Å². The van der Waals surface area contributed by atoms with Gasteiger partial charge in [-0.3, -0.25) is 4.79 Å². The molecule has 2 aromatic heterocycles. The van der Waals surface area contributed by atoms with Crippen LogP contribution in [0.25, 0.3) is 16.9 Å². The van der Waals surface area contributed by atoms with Crippen molar-refractivity contribution in [3.05, 3.63) is 35.6 Å². The first-order valence-corrected chi connectivity index (χ1v) is 7.57. The Morgan fingerprint density at radius 1 is 1.41 bits per heavy atom. The van der Waals surface area contributed by atoms with Gasteiger partial charge in [-0.2, -0.15) is 4.68 Å². The molecular formula is C13H10ClN5O2S. The molecule has 0 radical (unpaired) electrons. The summed E-state index contributed by atoms with van der Waals surface area (Å²) in [4.78, 5) is 19.6. The van der Waals surface area contributed by atoms with Crippen LogP contribution in [0.2, 0.25) is 5.02 Å². The lowest BCUT2D eigenvalue weighted by molar-refractivity contribution is -0.137. The molecule has 0 aliphatic heterocycles. The largest absolute Gasteiger partial charge is 0.468 e. The highest BCUT2D eigenvalue weighted by Crippen LogP contribution is 2.24. The molecule has 0 aliphatic rings. The number of hydrogen-bond donors (Lipinski definition) is 0. The summed E-state index contributed by atoms with van der Waals surface area (Å²) >= 11 is 7.22. The summed E-state index contributed by atoms with van der Waals surface area (Å²) < 4.78 is 6.19. The number of esters is 1. The van der Waals surface area contributed by atoms with Crippen LogP contribution in [0.4, 0.5) is 0 Å². The average molecular weight is 336 g/mol. The molecule has 0 fully saturated rings. The van der Waals surface area contributed by atoms with Crippen molar-refractivity contribution in [1.29, 1.82) is 0 Å². The molecule has 3 rings (SSSR count). The number of carbonyl (C=O) groups is 1. The molecule has 0 amide bonds. The van der Waals surface area contributed by atoms with Gasteiger partial charge in [0.15, 0.2) is 11.2 Å². The molecule has 22 heavy (non-hydrogen) atoms. The highest BCUT2D eigenvalue weighted by molar-refractivity contribution is 8.00. The molecular weight excluding hydrogens is 326 g/mol. The molecule has 3 aromatic rings. The molecule has 0 saturated carbocycles. The Bertz CT molecular complexity index is 838. The zero-order chi connectivity index (χ0) is 15.5. The Hall–Kier alpha value is -2.19. The van der Waals surface area contributed by atoms with E-state index in [-0.39, 0.29) is 11.7 Å². The fourth-order valence-electron chi connectivity index (χ4n) is 1.80. The maximum absolute atomic E-state index is 11.2. The molecule has 2 heterocycles. The number of nitrogens with zero attached hydrogens (tertiary/aromatic N) is 5. The van der Waals surface area contributed by atoms with Crippen LogP contribution in [-0.2, 0) is 9.53 Å². The van der Waals surface area contributed by atoms with E-state index in [1.54, 1.807) is 16.8 Å². The van der Waals surface area contributed by atoms with Crippen LogP contribution in [0.3, 0.4) is 0 Å². The van der Waals surface area contributed by atoms with E-state index in [1.807, 2.05) is 12.1 Å². The van der Waals surface area contributed by atoms with Crippen LogP contribution in [0, 0.1) is 0 Å². The van der Waals surface area contributed by atoms with Crippen LogP contribution in [-0.4, -0.2) is 43.8 Å². The fourth-order valence-corrected chi connectivity index (χ4v) is 2.75. The number of halogens is 1. The third-order valence-corrected chi connectivity index (χ3v) is 4.00. The molecule has 9 heteroatoms. The topological polar surface area (TPSA) is 82.8 Å². The average Bonchev–Trinajstić information content (AvgIpc) is 2.97. The monoisotopic (exact) mass is 335 g/mol. The number of ether oxygens (including phenoxy) is 1. The van der Waals surface area contributed by atoms with Crippen molar-refractivity contribution in [2.24, 2.45) is 0 Å². The Balaban J connectivity index is 2.00. The Morgan fingerprint density at radius 2 is 2.27 bits per heavy atom. The van der Waals surface area contributed by atoms with Crippen molar-refractivity contribution in [2.75, 3.05) is 12.9 Å². The van der Waals surface area contributed by atoms with Crippen LogP contribution >= 0.6 is 23.4 Å². The maximum atomic E-state index is 11.2. The minimum atomic E-state index is -0.334. The quantitative estimate of drug-likeness (QED) is 0.410. The van der Waals surface area contributed by atoms with Crippen LogP contribution in [0.15, 0.2) is 35.6 Å². The molecule has 0 bridgehead atoms. The minimum absolute atomic E-state index is 0.145. The van der Waals surface area contributed by atoms with Gasteiger partial charge in [0.25, 0.3) is 0 Å². The molecule has 0 atom stereocenters. The van der Waals surface area contributed by atoms with Crippen molar-refractivity contribution in [2.45, 2.75) is 5.03 Å². The summed E-state index contributed by atoms with van der Waals surface area (Å²) in [6, 6.07) is 7.21. The number of fused-ring (bicyclic) bond motifs is 1. The van der Waals surface area contributed by atoms with E-state index in [9.17, 15) is 4.79 Å². The molecule has 0 spiro atoms. The number of hydrogen-bond acceptors (Lipinski definition) is 7. The van der Waals surface area contributed by atoms with Gasteiger partial charge in [-0.05, 0) is 18.2 Å². The molecule has 112 valence electrons. The summed E-state index contributed by atoms with van der Waals surface area (Å²) in [6.45, 7) is 0. The molecule has 0 N–H and O–H groups in total. The second-order valence-corrected chi connectivity index (χ2v) is 5.60. The van der Waals surface area contributed by atoms with Crippen molar-refractivity contribution in [1.82, 2.24) is 25.0 Å². The number of thioether (sulfide) groups is 1. The van der Waals surface area contributed by atoms with Gasteiger partial charge in [-0.1, -0.05) is 34.6 Å². The standard InChI is InChI=1S/C13H10ClN5O2S/c1-21-10(20)6-22-13-11-12(15-7-16-13)19(18-17-11)9-4-2-3-8(14)5-9/h2-5,7H,6H2,1H3. The summed E-state index contributed by atoms with van der Waals surface area (Å²) in [6.07, 6.45) is 1.41. The zero-order valence-corrected chi connectivity index (χ0v) is 13.0. The van der Waals surface area contributed by atoms with E-state index in [4.69, 9.17) is 11.6 Å². The van der Waals surface area contributed by atoms with Gasteiger partial charge < -0.3 is 4.74 Å². The Morgan fingerprint density at radius 3 is 3.05 bits per heavy atom. The lowest BCUT2D eigenvalue weighted by Gasteiger charge is -2.02. The number of methoxy groups -OCH3 is 1. The van der Waals surface area contributed by atoms with Crippen molar-refractivity contribution in [3.8, 4) is 5.69 Å². The summed E-state index contributed by atoms with van der Waals surface area (Å²) in [5, 5.41) is 9.36. The lowest BCUT2D eigenvalue weighted by Crippen LogP contribution is -2.03. The minimum Gasteiger partial charge on any atom is -0.468 e. The van der Waals surface area contributed by atoms with Gasteiger partial charge in [-0.25, -0.2) is 9.97 Å². The van der Waals surface area contributed by atoms with E-state index in [1.165, 1.54) is 25.2 Å². The third-order valence-electron chi connectivity index (χ3n) is 2.81. The van der Waals surface area contributed by atoms with E-state index in [0.29, 0.717) is 21.2 Å². The van der Waals surface area contributed by atoms with E-state index < -0.39 is 0 Å². The van der Waals surface area contributed by atoms with Crippen molar-refractivity contribution >= 4 is 40.5 Å². The first kappa shape index (κ1) is 14.7. The van der Waals surface area contributed by atoms with Crippen LogP contribution < -0.4 is 0 Å². The highest BCUT2D eigenvalue weighted by atomic mass is 35.5. The van der Waals surface area contributed by atoms with Crippen molar-refractivity contribution in [3.63, 3.8) is 0 Å². The lowest BCUT2D eigenvalue weighted by atomic mass is 10.3. The molecule has 0 saturated heterocycles. The van der Waals surface area contributed by atoms with Gasteiger partial charge in [0.2, 0.25) is 0 Å². The summed E-state index contributed by atoms with van der Waals surface area (Å²) in [5.74, 6) is -0.189. The predicted molar refractivity (Wildman–Crippen MR) is 82.2 cm³/mol. The number of carbonyl (C=O) groups excluding carboxylic acids is 1. The third kappa shape index (κ3) is 2.88. The maximum Gasteiger partial charge on any atom is 0.316 e. The SMILES string of the molecule is COC(=O)CSc1ncnc2c1nnn2-c1cccc(Cl)c1. The van der Waals surface area contributed by atoms with Crippen molar-refractivity contribution < 1.29 is 9.53 Å². The molecule has 7 nitrogen and oxygen atoms in total. The van der Waals surface area contributed by atoms with E-state index >= 15 is 0 Å². The second kappa shape index (κ2) is 6.29. The fraction of sp³-hybridized carbons (Fsp3) is 0.154. The van der Waals surface area contributed by atoms with Gasteiger partial charge in [0.05, 0.1) is 18.6 Å². The van der Waals surface area contributed by atoms with Gasteiger partial charge >= 0.3 is 5.97 Å². The predicted octanol–water partition coefficient (Wildman–Crippen LogP) is 2.13. The van der Waals surface area contributed by atoms with Gasteiger partial charge in [0.1, 0.15) is 11.4 Å². The molecule has 0 unspecified atom stereocenters. The molecule has 0 aliphatic carbocycles. The van der Waals surface area contributed by atoms with Gasteiger partial charge in [-0.15, -0.1) is 5.10 Å². The first-order valence-electron chi connectivity index (χ1n) is 6.21.